The number of amides is 3. The Balaban J connectivity index is 1.83. The van der Waals surface area contributed by atoms with Crippen molar-refractivity contribution in [3.05, 3.63) is 48.0 Å². The quantitative estimate of drug-likeness (QED) is 0.740. The molecule has 0 aromatic heterocycles. The highest BCUT2D eigenvalue weighted by molar-refractivity contribution is 5.95. The van der Waals surface area contributed by atoms with Crippen molar-refractivity contribution in [3.63, 3.8) is 0 Å². The Kier molecular flexibility index (Phi) is 6.87. The van der Waals surface area contributed by atoms with E-state index in [0.29, 0.717) is 0 Å². The summed E-state index contributed by atoms with van der Waals surface area (Å²) in [5, 5.41) is 6.32. The molecule has 0 unspecified atom stereocenters. The number of benzene rings is 2. The normalized spacial score (nSPS) is 11.3. The lowest BCUT2D eigenvalue weighted by molar-refractivity contribution is -0.154. The second kappa shape index (κ2) is 9.33. The van der Waals surface area contributed by atoms with Gasteiger partial charge in [0.05, 0.1) is 13.5 Å². The van der Waals surface area contributed by atoms with Crippen molar-refractivity contribution in [2.75, 3.05) is 13.7 Å². The van der Waals surface area contributed by atoms with Crippen LogP contribution in [0, 0.1) is 0 Å². The molecule has 0 aliphatic heterocycles. The molecule has 0 spiro atoms. The first-order valence-corrected chi connectivity index (χ1v) is 8.22. The van der Waals surface area contributed by atoms with Crippen molar-refractivity contribution in [1.82, 2.24) is 10.6 Å². The Labute approximate surface area is 155 Å². The third kappa shape index (κ3) is 5.81. The maximum Gasteiger partial charge on any atom is 0.413 e. The third-order valence-corrected chi connectivity index (χ3v) is 3.75. The summed E-state index contributed by atoms with van der Waals surface area (Å²) in [5.74, 6) is -1.97. The van der Waals surface area contributed by atoms with Gasteiger partial charge < -0.3 is 14.8 Å². The number of ether oxygens (including phenoxy) is 2. The van der Waals surface area contributed by atoms with E-state index in [1.807, 2.05) is 47.8 Å². The predicted octanol–water partition coefficient (Wildman–Crippen LogP) is 1.31. The van der Waals surface area contributed by atoms with E-state index in [1.165, 1.54) is 6.92 Å². The van der Waals surface area contributed by atoms with E-state index in [1.54, 1.807) is 0 Å². The SMILES string of the molecule is COC(=O)NC(=O)[C@H](C)OC(=O)CNC(=O)Cc1cccc2ccccc12. The number of nitrogens with one attached hydrogen (secondary N) is 2. The van der Waals surface area contributed by atoms with Crippen molar-refractivity contribution in [1.29, 1.82) is 0 Å². The lowest BCUT2D eigenvalue weighted by Crippen LogP contribution is -2.41. The predicted molar refractivity (Wildman–Crippen MR) is 96.8 cm³/mol. The number of alkyl carbamates (subject to hydrolysis) is 1. The largest absolute Gasteiger partial charge is 0.453 e. The van der Waals surface area contributed by atoms with Crippen molar-refractivity contribution in [2.24, 2.45) is 0 Å². The Morgan fingerprint density at radius 2 is 1.74 bits per heavy atom. The Bertz CT molecular complexity index is 859. The second-order valence-electron chi connectivity index (χ2n) is 5.70. The third-order valence-electron chi connectivity index (χ3n) is 3.75. The van der Waals surface area contributed by atoms with Gasteiger partial charge >= 0.3 is 12.1 Å². The van der Waals surface area contributed by atoms with Crippen LogP contribution >= 0.6 is 0 Å². The molecule has 3 amide bonds. The minimum atomic E-state index is -1.20. The molecule has 8 nitrogen and oxygen atoms in total. The molecular weight excluding hydrogens is 352 g/mol. The zero-order chi connectivity index (χ0) is 19.8. The summed E-state index contributed by atoms with van der Waals surface area (Å²) in [6.07, 6.45) is -2.05. The molecule has 0 bridgehead atoms. The van der Waals surface area contributed by atoms with E-state index >= 15 is 0 Å². The highest BCUT2D eigenvalue weighted by Crippen LogP contribution is 2.18. The molecule has 0 saturated carbocycles. The summed E-state index contributed by atoms with van der Waals surface area (Å²) in [4.78, 5) is 46.4. The number of imide groups is 1. The van der Waals surface area contributed by atoms with E-state index < -0.39 is 24.1 Å². The highest BCUT2D eigenvalue weighted by Gasteiger charge is 2.20. The van der Waals surface area contributed by atoms with Crippen molar-refractivity contribution < 1.29 is 28.7 Å². The lowest BCUT2D eigenvalue weighted by Gasteiger charge is -2.13. The minimum absolute atomic E-state index is 0.104. The number of hydrogen-bond donors (Lipinski definition) is 2. The molecule has 8 heteroatoms. The molecule has 2 N–H and O–H groups in total. The molecule has 0 fully saturated rings. The van der Waals surface area contributed by atoms with Gasteiger partial charge in [0.25, 0.3) is 5.91 Å². The van der Waals surface area contributed by atoms with Gasteiger partial charge in [-0.15, -0.1) is 0 Å². The smallest absolute Gasteiger partial charge is 0.413 e. The highest BCUT2D eigenvalue weighted by atomic mass is 16.6. The summed E-state index contributed by atoms with van der Waals surface area (Å²) < 4.78 is 9.13. The number of esters is 1. The molecule has 142 valence electrons. The first-order valence-electron chi connectivity index (χ1n) is 8.22. The molecule has 2 aromatic rings. The van der Waals surface area contributed by atoms with Gasteiger partial charge in [-0.05, 0) is 23.3 Å². The summed E-state index contributed by atoms with van der Waals surface area (Å²) in [6, 6.07) is 13.3. The molecule has 27 heavy (non-hydrogen) atoms. The van der Waals surface area contributed by atoms with Crippen LogP contribution in [0.25, 0.3) is 10.8 Å². The van der Waals surface area contributed by atoms with Gasteiger partial charge in [-0.2, -0.15) is 0 Å². The van der Waals surface area contributed by atoms with E-state index in [-0.39, 0.29) is 18.9 Å². The fraction of sp³-hybridized carbons (Fsp3) is 0.263. The maximum atomic E-state index is 12.1. The zero-order valence-corrected chi connectivity index (χ0v) is 15.0. The fourth-order valence-electron chi connectivity index (χ4n) is 2.40. The standard InChI is InChI=1S/C19H20N2O6/c1-12(18(24)21-19(25)26-2)27-17(23)11-20-16(22)10-14-8-5-7-13-6-3-4-9-15(13)14/h3-9,12H,10-11H2,1-2H3,(H,20,22)(H,21,24,25)/t12-/m0/s1. The van der Waals surface area contributed by atoms with Crippen LogP contribution in [-0.2, 0) is 30.3 Å². The molecule has 0 heterocycles. The monoisotopic (exact) mass is 372 g/mol. The van der Waals surface area contributed by atoms with Crippen molar-refractivity contribution >= 4 is 34.6 Å². The summed E-state index contributed by atoms with van der Waals surface area (Å²) in [6.45, 7) is 0.910. The number of hydrogen-bond acceptors (Lipinski definition) is 6. The van der Waals surface area contributed by atoms with Crippen LogP contribution in [0.3, 0.4) is 0 Å². The van der Waals surface area contributed by atoms with Crippen LogP contribution in [-0.4, -0.2) is 43.6 Å². The zero-order valence-electron chi connectivity index (χ0n) is 15.0. The first-order chi connectivity index (χ1) is 12.9. The molecule has 1 atom stereocenters. The van der Waals surface area contributed by atoms with E-state index in [2.05, 4.69) is 10.1 Å². The van der Waals surface area contributed by atoms with Gasteiger partial charge in [0.15, 0.2) is 6.10 Å². The second-order valence-corrected chi connectivity index (χ2v) is 5.70. The molecule has 0 aliphatic carbocycles. The van der Waals surface area contributed by atoms with Crippen LogP contribution in [0.5, 0.6) is 0 Å². The van der Waals surface area contributed by atoms with Gasteiger partial charge in [0.2, 0.25) is 5.91 Å². The molecule has 0 aliphatic rings. The van der Waals surface area contributed by atoms with E-state index in [9.17, 15) is 19.2 Å². The van der Waals surface area contributed by atoms with Crippen LogP contribution in [0.2, 0.25) is 0 Å². The Hall–Kier alpha value is -3.42. The van der Waals surface area contributed by atoms with Crippen LogP contribution in [0.4, 0.5) is 4.79 Å². The lowest BCUT2D eigenvalue weighted by atomic mass is 10.0. The molecular formula is C19H20N2O6. The maximum absolute atomic E-state index is 12.1. The minimum Gasteiger partial charge on any atom is -0.453 e. The Morgan fingerprint density at radius 1 is 1.04 bits per heavy atom. The van der Waals surface area contributed by atoms with Crippen molar-refractivity contribution in [3.8, 4) is 0 Å². The van der Waals surface area contributed by atoms with Gasteiger partial charge in [-0.25, -0.2) is 4.79 Å². The first kappa shape index (κ1) is 19.9. The van der Waals surface area contributed by atoms with Gasteiger partial charge in [0.1, 0.15) is 6.54 Å². The number of methoxy groups -OCH3 is 1. The molecule has 2 rings (SSSR count). The molecule has 0 radical (unpaired) electrons. The fourth-order valence-corrected chi connectivity index (χ4v) is 2.40. The van der Waals surface area contributed by atoms with Gasteiger partial charge in [-0.3, -0.25) is 19.7 Å². The van der Waals surface area contributed by atoms with Gasteiger partial charge in [0, 0.05) is 0 Å². The van der Waals surface area contributed by atoms with Gasteiger partial charge in [-0.1, -0.05) is 42.5 Å². The molecule has 2 aromatic carbocycles. The average molecular weight is 372 g/mol. The number of carbonyl (C=O) groups is 4. The Morgan fingerprint density at radius 3 is 2.48 bits per heavy atom. The van der Waals surface area contributed by atoms with Crippen LogP contribution in [0.1, 0.15) is 12.5 Å². The average Bonchev–Trinajstić information content (AvgIpc) is 2.66. The van der Waals surface area contributed by atoms with E-state index in [0.717, 1.165) is 23.4 Å². The van der Waals surface area contributed by atoms with Crippen molar-refractivity contribution in [2.45, 2.75) is 19.4 Å². The number of carbonyl (C=O) groups excluding carboxylic acids is 4. The van der Waals surface area contributed by atoms with Crippen LogP contribution < -0.4 is 10.6 Å². The summed E-state index contributed by atoms with van der Waals surface area (Å²) in [5.41, 5.74) is 0.838. The summed E-state index contributed by atoms with van der Waals surface area (Å²) in [7, 11) is 1.10. The number of rotatable bonds is 6. The summed E-state index contributed by atoms with van der Waals surface area (Å²) >= 11 is 0. The number of fused-ring (bicyclic) bond motifs is 1. The molecule has 0 saturated heterocycles. The topological polar surface area (TPSA) is 111 Å². The van der Waals surface area contributed by atoms with E-state index in [4.69, 9.17) is 4.74 Å². The van der Waals surface area contributed by atoms with Crippen LogP contribution in [0.15, 0.2) is 42.5 Å².